The first-order valence-electron chi connectivity index (χ1n) is 10.8. The minimum absolute atomic E-state index is 0.160. The van der Waals surface area contributed by atoms with Gasteiger partial charge in [-0.1, -0.05) is 0 Å². The van der Waals surface area contributed by atoms with Crippen molar-refractivity contribution in [2.45, 2.75) is 38.3 Å². The first kappa shape index (κ1) is 20.4. The molecule has 3 saturated heterocycles. The summed E-state index contributed by atoms with van der Waals surface area (Å²) in [7, 11) is 0. The molecule has 3 aromatic rings. The molecule has 11 heteroatoms. The van der Waals surface area contributed by atoms with Gasteiger partial charge in [0.1, 0.15) is 11.6 Å². The van der Waals surface area contributed by atoms with E-state index in [4.69, 9.17) is 10.2 Å². The number of anilines is 3. The van der Waals surface area contributed by atoms with Gasteiger partial charge < -0.3 is 15.6 Å². The lowest BCUT2D eigenvalue weighted by molar-refractivity contribution is -0.0316. The fraction of sp³-hybridized carbons (Fsp3) is 0.429. The number of nitriles is 1. The van der Waals surface area contributed by atoms with Gasteiger partial charge in [0.05, 0.1) is 11.6 Å². The third kappa shape index (κ3) is 4.29. The number of H-pyrrole nitrogens is 2. The van der Waals surface area contributed by atoms with Crippen molar-refractivity contribution in [1.82, 2.24) is 35.7 Å². The lowest BCUT2D eigenvalue weighted by atomic mass is 10.0. The van der Waals surface area contributed by atoms with Gasteiger partial charge >= 0.3 is 0 Å². The lowest BCUT2D eigenvalue weighted by Crippen LogP contribution is -2.57. The molecule has 3 aliphatic heterocycles. The zero-order valence-corrected chi connectivity index (χ0v) is 17.9. The molecular weight excluding hydrogens is 408 g/mol. The Morgan fingerprint density at radius 1 is 1.31 bits per heavy atom. The fourth-order valence-electron chi connectivity index (χ4n) is 4.47. The second-order valence-corrected chi connectivity index (χ2v) is 8.37. The van der Waals surface area contributed by atoms with Crippen molar-refractivity contribution in [2.75, 3.05) is 30.3 Å². The van der Waals surface area contributed by atoms with Gasteiger partial charge in [-0.15, -0.1) is 0 Å². The van der Waals surface area contributed by atoms with Crippen molar-refractivity contribution in [2.24, 2.45) is 0 Å². The zero-order valence-electron chi connectivity index (χ0n) is 17.9. The molecule has 6 rings (SSSR count). The number of aromatic amines is 2. The van der Waals surface area contributed by atoms with Crippen molar-refractivity contribution < 1.29 is 0 Å². The average Bonchev–Trinajstić information content (AvgIpc) is 2.98. The number of rotatable bonds is 6. The van der Waals surface area contributed by atoms with Crippen LogP contribution in [0.5, 0.6) is 0 Å². The van der Waals surface area contributed by atoms with Gasteiger partial charge in [-0.3, -0.25) is 9.89 Å². The monoisotopic (exact) mass is 434 g/mol. The van der Waals surface area contributed by atoms with Crippen LogP contribution in [0.25, 0.3) is 10.9 Å². The highest BCUT2D eigenvalue weighted by molar-refractivity contribution is 5.91. The summed E-state index contributed by atoms with van der Waals surface area (Å²) in [5.74, 6) is 1.97. The maximum absolute atomic E-state index is 11.9. The highest BCUT2D eigenvalue weighted by Gasteiger charge is 2.34. The number of aryl methyl sites for hydroxylation is 1. The van der Waals surface area contributed by atoms with E-state index in [1.807, 2.05) is 19.1 Å². The molecule has 0 spiro atoms. The van der Waals surface area contributed by atoms with Gasteiger partial charge in [-0.25, -0.2) is 15.0 Å². The SMILES string of the molecule is Cc1cc(Nc2cc3[nH]c(=O)ccc3c(NC3CC4CCN(C3)NN4CCC#N)n2)n[nH]1. The smallest absolute Gasteiger partial charge is 0.248 e. The minimum atomic E-state index is -0.160. The maximum atomic E-state index is 11.9. The molecule has 5 N–H and O–H groups in total. The number of nitrogens with one attached hydrogen (secondary N) is 5. The Labute approximate surface area is 184 Å². The zero-order chi connectivity index (χ0) is 22.1. The van der Waals surface area contributed by atoms with Crippen LogP contribution in [0, 0.1) is 18.3 Å². The Morgan fingerprint density at radius 3 is 3.03 bits per heavy atom. The molecule has 0 aromatic carbocycles. The normalized spacial score (nSPS) is 23.1. The van der Waals surface area contributed by atoms with Crippen molar-refractivity contribution in [3.05, 3.63) is 40.3 Å². The summed E-state index contributed by atoms with van der Waals surface area (Å²) in [6.07, 6.45) is 2.48. The van der Waals surface area contributed by atoms with Crippen LogP contribution in [-0.2, 0) is 0 Å². The highest BCUT2D eigenvalue weighted by atomic mass is 16.1. The van der Waals surface area contributed by atoms with Gasteiger partial charge in [0, 0.05) is 67.4 Å². The molecule has 0 aliphatic carbocycles. The first-order chi connectivity index (χ1) is 15.6. The molecule has 3 unspecified atom stereocenters. The second-order valence-electron chi connectivity index (χ2n) is 8.37. The third-order valence-electron chi connectivity index (χ3n) is 5.93. The van der Waals surface area contributed by atoms with Crippen molar-refractivity contribution in [3.8, 4) is 6.07 Å². The molecule has 11 nitrogen and oxygen atoms in total. The molecular formula is C21H26N10O. The molecule has 3 aliphatic rings. The Balaban J connectivity index is 1.43. The highest BCUT2D eigenvalue weighted by Crippen LogP contribution is 2.28. The number of hydrogen-bond donors (Lipinski definition) is 5. The predicted molar refractivity (Wildman–Crippen MR) is 121 cm³/mol. The van der Waals surface area contributed by atoms with Crippen LogP contribution in [0.3, 0.4) is 0 Å². The van der Waals surface area contributed by atoms with Gasteiger partial charge in [-0.2, -0.15) is 15.9 Å². The Morgan fingerprint density at radius 2 is 2.22 bits per heavy atom. The summed E-state index contributed by atoms with van der Waals surface area (Å²) in [4.78, 5) is 19.7. The van der Waals surface area contributed by atoms with Crippen LogP contribution in [-0.4, -0.2) is 61.9 Å². The second kappa shape index (κ2) is 8.58. The lowest BCUT2D eigenvalue weighted by Gasteiger charge is -2.38. The van der Waals surface area contributed by atoms with Gasteiger partial charge in [0.15, 0.2) is 5.82 Å². The van der Waals surface area contributed by atoms with Gasteiger partial charge in [0.25, 0.3) is 0 Å². The largest absolute Gasteiger partial charge is 0.365 e. The third-order valence-corrected chi connectivity index (χ3v) is 5.93. The molecule has 0 radical (unpaired) electrons. The van der Waals surface area contributed by atoms with Crippen molar-refractivity contribution >= 4 is 28.4 Å². The number of fused-ring (bicyclic) bond motifs is 5. The Kier molecular flexibility index (Phi) is 5.48. The standard InChI is InChI=1S/C21H26N10O/c1-13-9-19(28-27-13)25-18-11-17-16(3-4-20(32)24-17)21(26-18)23-14-10-15-5-8-30(12-14)29-31(15)7-2-6-22/h3-4,9,11,14-15,29H,2,5,7-8,10,12H2,1H3,(H,24,32)(H3,23,25,26,27,28). The van der Waals surface area contributed by atoms with Gasteiger partial charge in [0.2, 0.25) is 5.56 Å². The van der Waals surface area contributed by atoms with E-state index >= 15 is 0 Å². The van der Waals surface area contributed by atoms with Crippen LogP contribution in [0.1, 0.15) is 25.0 Å². The molecule has 3 aromatic heterocycles. The summed E-state index contributed by atoms with van der Waals surface area (Å²) < 4.78 is 0. The van der Waals surface area contributed by atoms with Crippen LogP contribution < -0.4 is 21.7 Å². The molecule has 0 saturated carbocycles. The van der Waals surface area contributed by atoms with E-state index in [2.05, 4.69) is 47.4 Å². The summed E-state index contributed by atoms with van der Waals surface area (Å²) in [6.45, 7) is 4.41. The summed E-state index contributed by atoms with van der Waals surface area (Å²) >= 11 is 0. The minimum Gasteiger partial charge on any atom is -0.365 e. The maximum Gasteiger partial charge on any atom is 0.248 e. The first-order valence-corrected chi connectivity index (χ1v) is 10.8. The number of aromatic nitrogens is 4. The van der Waals surface area contributed by atoms with E-state index in [9.17, 15) is 4.79 Å². The Bertz CT molecular complexity index is 1210. The van der Waals surface area contributed by atoms with Gasteiger partial charge in [-0.05, 0) is 25.8 Å². The summed E-state index contributed by atoms with van der Waals surface area (Å²) in [6, 6.07) is 9.76. The van der Waals surface area contributed by atoms with E-state index in [1.54, 1.807) is 6.07 Å². The molecule has 166 valence electrons. The number of nitrogens with zero attached hydrogens (tertiary/aromatic N) is 5. The topological polar surface area (TPSA) is 141 Å². The Hall–Kier alpha value is -3.46. The van der Waals surface area contributed by atoms with Crippen LogP contribution in [0.15, 0.2) is 29.1 Å². The van der Waals surface area contributed by atoms with Crippen molar-refractivity contribution in [1.29, 1.82) is 5.26 Å². The molecule has 2 bridgehead atoms. The van der Waals surface area contributed by atoms with E-state index < -0.39 is 0 Å². The summed E-state index contributed by atoms with van der Waals surface area (Å²) in [5, 5.41) is 28.1. The number of pyridine rings is 2. The predicted octanol–water partition coefficient (Wildman–Crippen LogP) is 1.59. The van der Waals surface area contributed by atoms with Crippen LogP contribution >= 0.6 is 0 Å². The van der Waals surface area contributed by atoms with E-state index in [1.165, 1.54) is 6.07 Å². The quantitative estimate of drug-likeness (QED) is 0.391. The number of hydrazine groups is 2. The summed E-state index contributed by atoms with van der Waals surface area (Å²) in [5.41, 5.74) is 4.93. The average molecular weight is 435 g/mol. The molecule has 6 heterocycles. The fourth-order valence-corrected chi connectivity index (χ4v) is 4.47. The van der Waals surface area contributed by atoms with Crippen LogP contribution in [0.2, 0.25) is 0 Å². The molecule has 32 heavy (non-hydrogen) atoms. The van der Waals surface area contributed by atoms with E-state index in [0.717, 1.165) is 37.0 Å². The van der Waals surface area contributed by atoms with E-state index in [0.29, 0.717) is 42.0 Å². The number of hydrogen-bond acceptors (Lipinski definition) is 9. The molecule has 3 fully saturated rings. The molecule has 0 amide bonds. The van der Waals surface area contributed by atoms with Crippen LogP contribution in [0.4, 0.5) is 17.5 Å². The van der Waals surface area contributed by atoms with E-state index in [-0.39, 0.29) is 11.6 Å². The molecule has 3 atom stereocenters. The van der Waals surface area contributed by atoms with Crippen molar-refractivity contribution in [3.63, 3.8) is 0 Å².